The van der Waals surface area contributed by atoms with Crippen LogP contribution in [0.5, 0.6) is 5.75 Å². The first-order valence-electron chi connectivity index (χ1n) is 13.3. The highest BCUT2D eigenvalue weighted by molar-refractivity contribution is 6.30. The average Bonchev–Trinajstić information content (AvgIpc) is 2.92. The number of carbonyl (C=O) groups is 1. The number of aliphatic hydroxyl groups excluding tert-OH is 1. The highest BCUT2D eigenvalue weighted by Gasteiger charge is 2.22. The van der Waals surface area contributed by atoms with E-state index in [1.807, 2.05) is 24.3 Å². The van der Waals surface area contributed by atoms with Crippen LogP contribution in [0.15, 0.2) is 60.7 Å². The number of aliphatic hydroxyl groups is 1. The van der Waals surface area contributed by atoms with Crippen molar-refractivity contribution in [2.45, 2.75) is 69.6 Å². The van der Waals surface area contributed by atoms with Gasteiger partial charge in [-0.15, -0.1) is 12.4 Å². The van der Waals surface area contributed by atoms with Crippen LogP contribution >= 0.6 is 24.0 Å². The molecule has 0 unspecified atom stereocenters. The topological polar surface area (TPSA) is 78.8 Å². The molecule has 0 aromatic heterocycles. The predicted molar refractivity (Wildman–Crippen MR) is 154 cm³/mol. The number of ether oxygens (including phenoxy) is 1. The molecule has 38 heavy (non-hydrogen) atoms. The van der Waals surface area contributed by atoms with Crippen LogP contribution < -0.4 is 10.1 Å². The number of carboxylic acids is 1. The lowest BCUT2D eigenvalue weighted by molar-refractivity contribution is 0.0686. The van der Waals surface area contributed by atoms with Crippen LogP contribution in [0.3, 0.4) is 0 Å². The summed E-state index contributed by atoms with van der Waals surface area (Å²) in [7, 11) is 0. The van der Waals surface area contributed by atoms with Crippen molar-refractivity contribution in [1.29, 1.82) is 0 Å². The van der Waals surface area contributed by atoms with Crippen LogP contribution in [0.4, 0.5) is 0 Å². The third-order valence-corrected chi connectivity index (χ3v) is 7.93. The lowest BCUT2D eigenvalue weighted by Crippen LogP contribution is -2.37. The van der Waals surface area contributed by atoms with Gasteiger partial charge < -0.3 is 20.3 Å². The zero-order valence-electron chi connectivity index (χ0n) is 21.4. The van der Waals surface area contributed by atoms with Crippen molar-refractivity contribution in [3.63, 3.8) is 0 Å². The fourth-order valence-electron chi connectivity index (χ4n) is 5.53. The standard InChI is InChI=1S/C31H34ClNO4.ClH/c32-25-12-8-21(9-13-25)29(34)19-33-26-14-10-20-6-7-22(16-24(20)17-26)23-11-15-28(31(35)36)30(18-23)37-27-4-2-1-3-5-27;/h6-9,11-13,15-16,18,26-27,29,33-34H,1-5,10,14,17,19H2,(H,35,36);1H/t26-,29+;/m0./s1. The number of rotatable bonds is 8. The maximum absolute atomic E-state index is 11.8. The molecule has 0 aliphatic heterocycles. The first-order valence-corrected chi connectivity index (χ1v) is 13.7. The van der Waals surface area contributed by atoms with E-state index in [1.54, 1.807) is 18.2 Å². The Bertz CT molecular complexity index is 1240. The van der Waals surface area contributed by atoms with E-state index >= 15 is 0 Å². The number of carboxylic acid groups (broad SMARTS) is 1. The summed E-state index contributed by atoms with van der Waals surface area (Å²) in [5.41, 5.74) is 5.74. The SMILES string of the molecule is Cl.O=C(O)c1ccc(-c2ccc3c(c2)C[C@@H](NC[C@@H](O)c2ccc(Cl)cc2)CC3)cc1OC1CCCCC1. The molecular weight excluding hydrogens is 521 g/mol. The van der Waals surface area contributed by atoms with Crippen molar-refractivity contribution in [2.24, 2.45) is 0 Å². The first kappa shape index (κ1) is 28.4. The average molecular weight is 557 g/mol. The highest BCUT2D eigenvalue weighted by atomic mass is 35.5. The number of aryl methyl sites for hydroxylation is 1. The molecule has 0 spiro atoms. The Kier molecular flexibility index (Phi) is 9.72. The number of hydrogen-bond acceptors (Lipinski definition) is 4. The monoisotopic (exact) mass is 555 g/mol. The number of aromatic carboxylic acids is 1. The van der Waals surface area contributed by atoms with Crippen molar-refractivity contribution in [3.05, 3.63) is 87.9 Å². The second-order valence-corrected chi connectivity index (χ2v) is 10.7. The molecule has 0 saturated heterocycles. The van der Waals surface area contributed by atoms with E-state index in [1.165, 1.54) is 17.5 Å². The lowest BCUT2D eigenvalue weighted by atomic mass is 9.86. The summed E-state index contributed by atoms with van der Waals surface area (Å²) >= 11 is 5.96. The molecule has 3 N–H and O–H groups in total. The molecule has 1 saturated carbocycles. The molecule has 3 aromatic rings. The summed E-state index contributed by atoms with van der Waals surface area (Å²) in [6.45, 7) is 0.486. The minimum Gasteiger partial charge on any atom is -0.490 e. The highest BCUT2D eigenvalue weighted by Crippen LogP contribution is 2.33. The molecule has 5 nitrogen and oxygen atoms in total. The van der Waals surface area contributed by atoms with E-state index in [0.29, 0.717) is 17.3 Å². The Morgan fingerprint density at radius 1 is 0.947 bits per heavy atom. The van der Waals surface area contributed by atoms with Crippen LogP contribution in [0.2, 0.25) is 5.02 Å². The summed E-state index contributed by atoms with van der Waals surface area (Å²) < 4.78 is 6.22. The lowest BCUT2D eigenvalue weighted by Gasteiger charge is -2.27. The summed E-state index contributed by atoms with van der Waals surface area (Å²) in [5, 5.41) is 24.5. The predicted octanol–water partition coefficient (Wildman–Crippen LogP) is 7.02. The van der Waals surface area contributed by atoms with Gasteiger partial charge >= 0.3 is 5.97 Å². The second kappa shape index (κ2) is 13.0. The molecule has 3 aromatic carbocycles. The van der Waals surface area contributed by atoms with E-state index in [4.69, 9.17) is 16.3 Å². The van der Waals surface area contributed by atoms with Gasteiger partial charge in [0, 0.05) is 17.6 Å². The van der Waals surface area contributed by atoms with Crippen molar-refractivity contribution in [1.82, 2.24) is 5.32 Å². The Morgan fingerprint density at radius 3 is 2.39 bits per heavy atom. The van der Waals surface area contributed by atoms with Crippen LogP contribution in [-0.2, 0) is 12.8 Å². The maximum Gasteiger partial charge on any atom is 0.339 e. The third kappa shape index (κ3) is 6.89. The number of benzene rings is 3. The second-order valence-electron chi connectivity index (χ2n) is 10.3. The smallest absolute Gasteiger partial charge is 0.339 e. The molecule has 2 aliphatic carbocycles. The molecule has 0 bridgehead atoms. The summed E-state index contributed by atoms with van der Waals surface area (Å²) in [6, 6.07) is 19.6. The molecule has 0 amide bonds. The maximum atomic E-state index is 11.8. The Morgan fingerprint density at radius 2 is 1.66 bits per heavy atom. The minimum atomic E-state index is -0.961. The Labute approximate surface area is 235 Å². The molecule has 2 aliphatic rings. The van der Waals surface area contributed by atoms with E-state index in [-0.39, 0.29) is 30.1 Å². The summed E-state index contributed by atoms with van der Waals surface area (Å²) in [5.74, 6) is -0.497. The fraction of sp³-hybridized carbons (Fsp3) is 0.387. The number of nitrogens with one attached hydrogen (secondary N) is 1. The normalized spacial score (nSPS) is 18.2. The van der Waals surface area contributed by atoms with Gasteiger partial charge in [0.1, 0.15) is 11.3 Å². The Balaban J connectivity index is 0.00000336. The van der Waals surface area contributed by atoms with Gasteiger partial charge in [0.05, 0.1) is 12.2 Å². The zero-order valence-corrected chi connectivity index (χ0v) is 22.9. The minimum absolute atomic E-state index is 0. The van der Waals surface area contributed by atoms with E-state index in [0.717, 1.165) is 61.6 Å². The van der Waals surface area contributed by atoms with Crippen LogP contribution in [0.25, 0.3) is 11.1 Å². The van der Waals surface area contributed by atoms with Crippen molar-refractivity contribution < 1.29 is 19.7 Å². The van der Waals surface area contributed by atoms with Crippen LogP contribution in [0.1, 0.15) is 71.7 Å². The molecular formula is C31H35Cl2NO4. The van der Waals surface area contributed by atoms with E-state index in [9.17, 15) is 15.0 Å². The van der Waals surface area contributed by atoms with Crippen LogP contribution in [0, 0.1) is 0 Å². The third-order valence-electron chi connectivity index (χ3n) is 7.68. The van der Waals surface area contributed by atoms with Gasteiger partial charge in [-0.3, -0.25) is 0 Å². The summed E-state index contributed by atoms with van der Waals surface area (Å²) in [6.07, 6.45) is 7.82. The molecule has 202 valence electrons. The van der Waals surface area contributed by atoms with Crippen molar-refractivity contribution >= 4 is 30.0 Å². The number of hydrogen-bond donors (Lipinski definition) is 3. The molecule has 2 atom stereocenters. The van der Waals surface area contributed by atoms with Gasteiger partial charge in [-0.1, -0.05) is 54.4 Å². The largest absolute Gasteiger partial charge is 0.490 e. The quantitative estimate of drug-likeness (QED) is 0.278. The number of halogens is 2. The zero-order chi connectivity index (χ0) is 25.8. The van der Waals surface area contributed by atoms with Gasteiger partial charge in [0.15, 0.2) is 0 Å². The van der Waals surface area contributed by atoms with Crippen LogP contribution in [-0.4, -0.2) is 34.9 Å². The van der Waals surface area contributed by atoms with E-state index < -0.39 is 12.1 Å². The molecule has 5 rings (SSSR count). The van der Waals surface area contributed by atoms with Gasteiger partial charge in [0.25, 0.3) is 0 Å². The van der Waals surface area contributed by atoms with Gasteiger partial charge in [-0.25, -0.2) is 4.79 Å². The molecule has 0 heterocycles. The van der Waals surface area contributed by atoms with Gasteiger partial charge in [-0.05, 0) is 97.0 Å². The fourth-order valence-corrected chi connectivity index (χ4v) is 5.66. The molecule has 0 radical (unpaired) electrons. The number of fused-ring (bicyclic) bond motifs is 1. The van der Waals surface area contributed by atoms with Crippen molar-refractivity contribution in [3.8, 4) is 16.9 Å². The summed E-state index contributed by atoms with van der Waals surface area (Å²) in [4.78, 5) is 11.8. The van der Waals surface area contributed by atoms with Crippen molar-refractivity contribution in [2.75, 3.05) is 6.54 Å². The molecule has 7 heteroatoms. The first-order chi connectivity index (χ1) is 18.0. The Hall–Kier alpha value is -2.57. The van der Waals surface area contributed by atoms with Gasteiger partial charge in [0.2, 0.25) is 0 Å². The van der Waals surface area contributed by atoms with Gasteiger partial charge in [-0.2, -0.15) is 0 Å². The molecule has 1 fully saturated rings. The van der Waals surface area contributed by atoms with E-state index in [2.05, 4.69) is 23.5 Å².